The molecule has 0 atom stereocenters. The van der Waals surface area contributed by atoms with Crippen molar-refractivity contribution < 1.29 is 0 Å². The van der Waals surface area contributed by atoms with E-state index in [4.69, 9.17) is 0 Å². The highest BCUT2D eigenvalue weighted by molar-refractivity contribution is 7.10. The first-order chi connectivity index (χ1) is 8.20. The predicted octanol–water partition coefficient (Wildman–Crippen LogP) is 0.883. The second-order valence-electron chi connectivity index (χ2n) is 3.58. The van der Waals surface area contributed by atoms with Crippen LogP contribution in [0.1, 0.15) is 18.3 Å². The van der Waals surface area contributed by atoms with Crippen LogP contribution in [-0.2, 0) is 6.54 Å². The van der Waals surface area contributed by atoms with E-state index in [1.807, 2.05) is 6.92 Å². The highest BCUT2D eigenvalue weighted by atomic mass is 32.1. The average Bonchev–Trinajstić information content (AvgIpc) is 2.71. The number of aryl methyl sites for hydroxylation is 1. The summed E-state index contributed by atoms with van der Waals surface area (Å²) in [6.07, 6.45) is 1.53. The molecule has 0 amide bonds. The van der Waals surface area contributed by atoms with Crippen LogP contribution in [0.3, 0.4) is 0 Å². The van der Waals surface area contributed by atoms with Gasteiger partial charge in [-0.3, -0.25) is 9.36 Å². The van der Waals surface area contributed by atoms with Gasteiger partial charge in [-0.15, -0.1) is 5.10 Å². The molecule has 2 aromatic heterocycles. The number of anilines is 1. The molecule has 2 rings (SSSR count). The third-order valence-corrected chi connectivity index (χ3v) is 2.96. The molecule has 0 aliphatic heterocycles. The number of nitrogens with zero attached hydrogens (tertiary/aromatic N) is 4. The second kappa shape index (κ2) is 5.05. The summed E-state index contributed by atoms with van der Waals surface area (Å²) in [5, 5.41) is 8.08. The van der Waals surface area contributed by atoms with Crippen molar-refractivity contribution >= 4 is 16.5 Å². The summed E-state index contributed by atoms with van der Waals surface area (Å²) < 4.78 is 5.40. The lowest BCUT2D eigenvalue weighted by Gasteiger charge is -2.05. The molecule has 6 nitrogen and oxygen atoms in total. The Balaban J connectivity index is 2.25. The molecule has 0 saturated carbocycles. The third-order valence-electron chi connectivity index (χ3n) is 2.23. The minimum Gasteiger partial charge on any atom is -0.374 e. The average molecular weight is 251 g/mol. The minimum atomic E-state index is -0.0760. The Morgan fingerprint density at radius 3 is 3.06 bits per heavy atom. The Labute approximate surface area is 102 Å². The first-order valence-electron chi connectivity index (χ1n) is 5.29. The van der Waals surface area contributed by atoms with E-state index in [1.54, 1.807) is 6.92 Å². The van der Waals surface area contributed by atoms with E-state index in [0.717, 1.165) is 22.9 Å². The van der Waals surface area contributed by atoms with Crippen molar-refractivity contribution in [1.29, 1.82) is 0 Å². The summed E-state index contributed by atoms with van der Waals surface area (Å²) in [6, 6.07) is 1.51. The molecule has 0 unspecified atom stereocenters. The summed E-state index contributed by atoms with van der Waals surface area (Å²) >= 11 is 1.29. The van der Waals surface area contributed by atoms with Crippen LogP contribution in [0.2, 0.25) is 0 Å². The summed E-state index contributed by atoms with van der Waals surface area (Å²) in [6.45, 7) is 4.99. The van der Waals surface area contributed by atoms with Gasteiger partial charge in [-0.25, -0.2) is 4.98 Å². The van der Waals surface area contributed by atoms with Crippen molar-refractivity contribution in [3.63, 3.8) is 0 Å². The lowest BCUT2D eigenvalue weighted by Crippen LogP contribution is -2.21. The molecule has 7 heteroatoms. The molecule has 0 bridgehead atoms. The van der Waals surface area contributed by atoms with Crippen LogP contribution in [0, 0.1) is 6.92 Å². The number of hydrogen-bond acceptors (Lipinski definition) is 6. The zero-order valence-electron chi connectivity index (χ0n) is 9.67. The van der Waals surface area contributed by atoms with Crippen LogP contribution in [-0.4, -0.2) is 25.7 Å². The summed E-state index contributed by atoms with van der Waals surface area (Å²) in [5.74, 6) is 0. The molecule has 0 radical (unpaired) electrons. The van der Waals surface area contributed by atoms with Crippen LogP contribution in [0.4, 0.5) is 5.00 Å². The quantitative estimate of drug-likeness (QED) is 0.873. The van der Waals surface area contributed by atoms with Crippen molar-refractivity contribution in [3.8, 4) is 0 Å². The van der Waals surface area contributed by atoms with Gasteiger partial charge >= 0.3 is 0 Å². The molecular formula is C10H13N5OS. The Morgan fingerprint density at radius 2 is 2.35 bits per heavy atom. The van der Waals surface area contributed by atoms with Crippen molar-refractivity contribution in [1.82, 2.24) is 19.1 Å². The lowest BCUT2D eigenvalue weighted by molar-refractivity contribution is 0.711. The largest absolute Gasteiger partial charge is 0.374 e. The van der Waals surface area contributed by atoms with Crippen LogP contribution >= 0.6 is 11.5 Å². The van der Waals surface area contributed by atoms with E-state index < -0.39 is 0 Å². The molecule has 0 aromatic carbocycles. The highest BCUT2D eigenvalue weighted by Crippen LogP contribution is 2.17. The molecule has 0 spiro atoms. The number of nitrogens with one attached hydrogen (secondary N) is 1. The summed E-state index contributed by atoms with van der Waals surface area (Å²) in [5.41, 5.74) is 1.41. The first-order valence-corrected chi connectivity index (χ1v) is 6.06. The zero-order valence-corrected chi connectivity index (χ0v) is 10.5. The minimum absolute atomic E-state index is 0.0760. The van der Waals surface area contributed by atoms with E-state index in [2.05, 4.69) is 19.9 Å². The van der Waals surface area contributed by atoms with Gasteiger partial charge in [0, 0.05) is 29.8 Å². The molecular weight excluding hydrogens is 238 g/mol. The molecule has 0 aliphatic rings. The fraction of sp³-hybridized carbons (Fsp3) is 0.400. The van der Waals surface area contributed by atoms with Gasteiger partial charge in [-0.1, -0.05) is 4.49 Å². The van der Waals surface area contributed by atoms with Crippen molar-refractivity contribution in [2.75, 3.05) is 11.9 Å². The van der Waals surface area contributed by atoms with Gasteiger partial charge in [-0.2, -0.15) is 0 Å². The second-order valence-corrected chi connectivity index (χ2v) is 4.33. The Hall–Kier alpha value is -1.76. The fourth-order valence-electron chi connectivity index (χ4n) is 1.40. The SMILES string of the molecule is CCNc1snnc1Cn1cnc(C)cc1=O. The Kier molecular flexibility index (Phi) is 3.48. The third kappa shape index (κ3) is 2.68. The molecule has 2 aromatic rings. The summed E-state index contributed by atoms with van der Waals surface area (Å²) in [4.78, 5) is 15.8. The molecule has 0 saturated heterocycles. The smallest absolute Gasteiger partial charge is 0.253 e. The molecule has 0 fully saturated rings. The fourth-order valence-corrected chi connectivity index (χ4v) is 2.04. The molecule has 0 aliphatic carbocycles. The monoisotopic (exact) mass is 251 g/mol. The zero-order chi connectivity index (χ0) is 12.3. The van der Waals surface area contributed by atoms with E-state index in [0.29, 0.717) is 6.54 Å². The molecule has 1 N–H and O–H groups in total. The van der Waals surface area contributed by atoms with E-state index in [-0.39, 0.29) is 5.56 Å². The Morgan fingerprint density at radius 1 is 1.53 bits per heavy atom. The van der Waals surface area contributed by atoms with Crippen LogP contribution in [0.5, 0.6) is 0 Å². The predicted molar refractivity (Wildman–Crippen MR) is 66.4 cm³/mol. The highest BCUT2D eigenvalue weighted by Gasteiger charge is 2.08. The van der Waals surface area contributed by atoms with Gasteiger partial charge in [-0.05, 0) is 13.8 Å². The maximum Gasteiger partial charge on any atom is 0.253 e. The van der Waals surface area contributed by atoms with Gasteiger partial charge in [0.25, 0.3) is 5.56 Å². The molecule has 90 valence electrons. The first kappa shape index (κ1) is 11.7. The number of aromatic nitrogens is 4. The van der Waals surface area contributed by atoms with E-state index in [1.165, 1.54) is 28.5 Å². The van der Waals surface area contributed by atoms with Crippen LogP contribution in [0.25, 0.3) is 0 Å². The van der Waals surface area contributed by atoms with Crippen molar-refractivity contribution in [3.05, 3.63) is 34.1 Å². The van der Waals surface area contributed by atoms with Crippen molar-refractivity contribution in [2.24, 2.45) is 0 Å². The van der Waals surface area contributed by atoms with Crippen molar-refractivity contribution in [2.45, 2.75) is 20.4 Å². The topological polar surface area (TPSA) is 72.7 Å². The van der Waals surface area contributed by atoms with E-state index >= 15 is 0 Å². The van der Waals surface area contributed by atoms with Gasteiger partial charge < -0.3 is 5.32 Å². The van der Waals surface area contributed by atoms with Gasteiger partial charge in [0.2, 0.25) is 0 Å². The number of hydrogen-bond donors (Lipinski definition) is 1. The maximum atomic E-state index is 11.7. The maximum absolute atomic E-state index is 11.7. The van der Waals surface area contributed by atoms with Crippen LogP contribution in [0.15, 0.2) is 17.2 Å². The number of rotatable bonds is 4. The molecule has 17 heavy (non-hydrogen) atoms. The van der Waals surface area contributed by atoms with Gasteiger partial charge in [0.15, 0.2) is 0 Å². The van der Waals surface area contributed by atoms with Crippen LogP contribution < -0.4 is 10.9 Å². The normalized spacial score (nSPS) is 10.5. The standard InChI is InChI=1S/C10H13N5OS/c1-3-11-10-8(13-14-17-10)5-15-6-12-7(2)4-9(15)16/h4,6,11H,3,5H2,1-2H3. The lowest BCUT2D eigenvalue weighted by atomic mass is 10.4. The van der Waals surface area contributed by atoms with Gasteiger partial charge in [0.05, 0.1) is 12.9 Å². The van der Waals surface area contributed by atoms with E-state index in [9.17, 15) is 4.79 Å². The Bertz CT molecular complexity index is 562. The summed E-state index contributed by atoms with van der Waals surface area (Å²) in [7, 11) is 0. The molecule has 2 heterocycles. The van der Waals surface area contributed by atoms with Gasteiger partial charge in [0.1, 0.15) is 10.7 Å².